The summed E-state index contributed by atoms with van der Waals surface area (Å²) in [6.07, 6.45) is 4.20. The Bertz CT molecular complexity index is 408. The summed E-state index contributed by atoms with van der Waals surface area (Å²) in [5.41, 5.74) is 2.44. The van der Waals surface area contributed by atoms with Gasteiger partial charge in [-0.3, -0.25) is 0 Å². The van der Waals surface area contributed by atoms with E-state index in [9.17, 15) is 0 Å². The monoisotopic (exact) mass is 216 g/mol. The summed E-state index contributed by atoms with van der Waals surface area (Å²) in [7, 11) is 0. The minimum Gasteiger partial charge on any atom is -0.487 e. The van der Waals surface area contributed by atoms with E-state index in [0.29, 0.717) is 6.61 Å². The third-order valence-electron chi connectivity index (χ3n) is 3.10. The molecule has 0 radical (unpaired) electrons. The number of nitrogens with one attached hydrogen (secondary N) is 1. The number of nitrogens with zero attached hydrogens (tertiary/aromatic N) is 1. The number of para-hydroxylation sites is 1. The molecule has 1 saturated heterocycles. The molecule has 16 heavy (non-hydrogen) atoms. The third kappa shape index (κ3) is 1.67. The van der Waals surface area contributed by atoms with Gasteiger partial charge in [0.2, 0.25) is 0 Å². The van der Waals surface area contributed by atoms with Crippen LogP contribution in [0.4, 0.5) is 5.69 Å². The molecule has 1 aromatic rings. The Morgan fingerprint density at radius 2 is 2.06 bits per heavy atom. The number of rotatable bonds is 1. The van der Waals surface area contributed by atoms with Crippen LogP contribution in [0.15, 0.2) is 24.3 Å². The predicted octanol–water partition coefficient (Wildman–Crippen LogP) is 1.50. The molecular formula is C13H16N2O. The predicted molar refractivity (Wildman–Crippen MR) is 66.1 cm³/mol. The van der Waals surface area contributed by atoms with Crippen LogP contribution in [-0.2, 0) is 0 Å². The molecule has 3 nitrogen and oxygen atoms in total. The van der Waals surface area contributed by atoms with E-state index in [0.717, 1.165) is 31.9 Å². The number of hydrogen-bond donors (Lipinski definition) is 1. The number of hydrogen-bond acceptors (Lipinski definition) is 3. The molecule has 1 N–H and O–H groups in total. The maximum atomic E-state index is 5.76. The minimum atomic E-state index is 0.691. The first-order chi connectivity index (χ1) is 7.95. The quantitative estimate of drug-likeness (QED) is 0.770. The fourth-order valence-corrected chi connectivity index (χ4v) is 2.29. The first-order valence-corrected chi connectivity index (χ1v) is 5.83. The van der Waals surface area contributed by atoms with Crippen molar-refractivity contribution >= 4 is 11.8 Å². The summed E-state index contributed by atoms with van der Waals surface area (Å²) in [5.74, 6) is 1.05. The molecule has 1 aromatic carbocycles. The third-order valence-corrected chi connectivity index (χ3v) is 3.10. The summed E-state index contributed by atoms with van der Waals surface area (Å²) >= 11 is 0. The highest BCUT2D eigenvalue weighted by Crippen LogP contribution is 2.34. The van der Waals surface area contributed by atoms with Gasteiger partial charge < -0.3 is 15.0 Å². The van der Waals surface area contributed by atoms with Gasteiger partial charge in [0.15, 0.2) is 0 Å². The molecule has 0 bridgehead atoms. The lowest BCUT2D eigenvalue weighted by Gasteiger charge is -2.31. The summed E-state index contributed by atoms with van der Waals surface area (Å²) in [6, 6.07) is 6.37. The molecular weight excluding hydrogens is 200 g/mol. The fraction of sp³-hybridized carbons (Fsp3) is 0.385. The van der Waals surface area contributed by atoms with Crippen molar-refractivity contribution in [3.8, 4) is 5.75 Å². The molecule has 0 unspecified atom stereocenters. The second-order valence-corrected chi connectivity index (χ2v) is 4.15. The molecule has 2 aliphatic rings. The fourth-order valence-electron chi connectivity index (χ4n) is 2.29. The zero-order chi connectivity index (χ0) is 10.8. The smallest absolute Gasteiger partial charge is 0.150 e. The van der Waals surface area contributed by atoms with Gasteiger partial charge in [0.05, 0.1) is 5.69 Å². The lowest BCUT2D eigenvalue weighted by atomic mass is 10.1. The van der Waals surface area contributed by atoms with E-state index < -0.39 is 0 Å². The molecule has 3 rings (SSSR count). The van der Waals surface area contributed by atoms with Gasteiger partial charge in [-0.05, 0) is 12.1 Å². The molecule has 2 heterocycles. The first kappa shape index (κ1) is 9.73. The highest BCUT2D eigenvalue weighted by atomic mass is 16.5. The van der Waals surface area contributed by atoms with Crippen LogP contribution < -0.4 is 15.0 Å². The molecule has 84 valence electrons. The van der Waals surface area contributed by atoms with Crippen molar-refractivity contribution in [2.45, 2.75) is 0 Å². The van der Waals surface area contributed by atoms with E-state index in [4.69, 9.17) is 4.74 Å². The largest absolute Gasteiger partial charge is 0.487 e. The zero-order valence-corrected chi connectivity index (χ0v) is 9.28. The van der Waals surface area contributed by atoms with Gasteiger partial charge in [-0.2, -0.15) is 0 Å². The van der Waals surface area contributed by atoms with Crippen LogP contribution in [0.2, 0.25) is 0 Å². The van der Waals surface area contributed by atoms with Crippen LogP contribution in [0.5, 0.6) is 5.75 Å². The Balaban J connectivity index is 1.97. The maximum Gasteiger partial charge on any atom is 0.150 e. The maximum absolute atomic E-state index is 5.76. The van der Waals surface area contributed by atoms with Gasteiger partial charge in [0.25, 0.3) is 0 Å². The summed E-state index contributed by atoms with van der Waals surface area (Å²) in [6.45, 7) is 4.92. The van der Waals surface area contributed by atoms with Crippen LogP contribution in [0, 0.1) is 0 Å². The molecule has 0 aliphatic carbocycles. The first-order valence-electron chi connectivity index (χ1n) is 5.83. The molecule has 2 aliphatic heterocycles. The van der Waals surface area contributed by atoms with Crippen molar-refractivity contribution in [2.75, 3.05) is 37.7 Å². The molecule has 0 spiro atoms. The molecule has 0 saturated carbocycles. The Morgan fingerprint density at radius 3 is 2.94 bits per heavy atom. The van der Waals surface area contributed by atoms with Gasteiger partial charge in [0, 0.05) is 31.7 Å². The van der Waals surface area contributed by atoms with Crippen LogP contribution in [0.3, 0.4) is 0 Å². The second-order valence-electron chi connectivity index (χ2n) is 4.15. The number of piperazine rings is 1. The minimum absolute atomic E-state index is 0.691. The van der Waals surface area contributed by atoms with Crippen LogP contribution in [0.1, 0.15) is 5.56 Å². The number of ether oxygens (including phenoxy) is 1. The standard InChI is InChI=1S/C13H16N2O/c1-3-11-4-2-10-16-13(11)12(5-1)15-8-6-14-7-9-15/h1-5,14H,6-10H2. The summed E-state index contributed by atoms with van der Waals surface area (Å²) in [5, 5.41) is 3.37. The van der Waals surface area contributed by atoms with Gasteiger partial charge in [-0.15, -0.1) is 0 Å². The average molecular weight is 216 g/mol. The molecule has 0 atom stereocenters. The van der Waals surface area contributed by atoms with Crippen molar-refractivity contribution in [1.82, 2.24) is 5.32 Å². The van der Waals surface area contributed by atoms with Crippen LogP contribution in [0.25, 0.3) is 6.08 Å². The van der Waals surface area contributed by atoms with Crippen molar-refractivity contribution in [2.24, 2.45) is 0 Å². The van der Waals surface area contributed by atoms with E-state index in [1.54, 1.807) is 0 Å². The Morgan fingerprint density at radius 1 is 1.19 bits per heavy atom. The van der Waals surface area contributed by atoms with Crippen molar-refractivity contribution in [3.63, 3.8) is 0 Å². The Kier molecular flexibility index (Phi) is 2.54. The molecule has 0 amide bonds. The average Bonchev–Trinajstić information content (AvgIpc) is 2.39. The van der Waals surface area contributed by atoms with E-state index >= 15 is 0 Å². The van der Waals surface area contributed by atoms with Gasteiger partial charge in [-0.25, -0.2) is 0 Å². The topological polar surface area (TPSA) is 24.5 Å². The lowest BCUT2D eigenvalue weighted by molar-refractivity contribution is 0.358. The van der Waals surface area contributed by atoms with E-state index in [-0.39, 0.29) is 0 Å². The SMILES string of the molecule is C1=Cc2cccc(N3CCNCC3)c2OC1. The zero-order valence-electron chi connectivity index (χ0n) is 9.28. The number of fused-ring (bicyclic) bond motifs is 1. The normalized spacial score (nSPS) is 19.1. The highest BCUT2D eigenvalue weighted by molar-refractivity contribution is 5.71. The Hall–Kier alpha value is -1.48. The van der Waals surface area contributed by atoms with Crippen molar-refractivity contribution < 1.29 is 4.74 Å². The van der Waals surface area contributed by atoms with Gasteiger partial charge >= 0.3 is 0 Å². The lowest BCUT2D eigenvalue weighted by Crippen LogP contribution is -2.43. The van der Waals surface area contributed by atoms with Crippen molar-refractivity contribution in [1.29, 1.82) is 0 Å². The van der Waals surface area contributed by atoms with Crippen molar-refractivity contribution in [3.05, 3.63) is 29.8 Å². The van der Waals surface area contributed by atoms with E-state index in [1.807, 2.05) is 0 Å². The van der Waals surface area contributed by atoms with E-state index in [2.05, 4.69) is 40.6 Å². The highest BCUT2D eigenvalue weighted by Gasteiger charge is 2.17. The van der Waals surface area contributed by atoms with Crippen LogP contribution in [-0.4, -0.2) is 32.8 Å². The van der Waals surface area contributed by atoms with Gasteiger partial charge in [0.1, 0.15) is 12.4 Å². The molecule has 0 aromatic heterocycles. The number of anilines is 1. The van der Waals surface area contributed by atoms with Gasteiger partial charge in [-0.1, -0.05) is 18.2 Å². The number of benzene rings is 1. The molecule has 3 heteroatoms. The second kappa shape index (κ2) is 4.18. The molecule has 1 fully saturated rings. The summed E-state index contributed by atoms with van der Waals surface area (Å²) in [4.78, 5) is 2.40. The Labute approximate surface area is 95.7 Å². The van der Waals surface area contributed by atoms with E-state index in [1.165, 1.54) is 11.3 Å². The summed E-state index contributed by atoms with van der Waals surface area (Å²) < 4.78 is 5.76. The van der Waals surface area contributed by atoms with Crippen LogP contribution >= 0.6 is 0 Å².